The highest BCUT2D eigenvalue weighted by Crippen LogP contribution is 2.35. The Bertz CT molecular complexity index is 558. The summed E-state index contributed by atoms with van der Waals surface area (Å²) in [5.41, 5.74) is 1.05. The van der Waals surface area contributed by atoms with Crippen molar-refractivity contribution in [3.8, 4) is 0 Å². The van der Waals surface area contributed by atoms with E-state index in [0.717, 1.165) is 18.4 Å². The van der Waals surface area contributed by atoms with Gasteiger partial charge in [-0.05, 0) is 17.9 Å². The molecule has 0 aliphatic carbocycles. The lowest BCUT2D eigenvalue weighted by Crippen LogP contribution is -2.18. The molecule has 0 saturated carbocycles. The van der Waals surface area contributed by atoms with Crippen molar-refractivity contribution in [1.82, 2.24) is 0 Å². The summed E-state index contributed by atoms with van der Waals surface area (Å²) in [5, 5.41) is -0.198. The summed E-state index contributed by atoms with van der Waals surface area (Å²) in [6.07, 6.45) is 14.2. The molecule has 0 radical (unpaired) electrons. The van der Waals surface area contributed by atoms with Gasteiger partial charge < -0.3 is 4.74 Å². The van der Waals surface area contributed by atoms with Gasteiger partial charge in [-0.3, -0.25) is 9.59 Å². The van der Waals surface area contributed by atoms with Gasteiger partial charge in [-0.1, -0.05) is 101 Å². The molecule has 0 N–H and O–H groups in total. The van der Waals surface area contributed by atoms with Crippen molar-refractivity contribution >= 4 is 23.4 Å². The Morgan fingerprint density at radius 1 is 0.897 bits per heavy atom. The van der Waals surface area contributed by atoms with Gasteiger partial charge in [-0.2, -0.15) is 0 Å². The van der Waals surface area contributed by atoms with E-state index in [4.69, 9.17) is 16.3 Å². The molecule has 1 aromatic rings. The van der Waals surface area contributed by atoms with Gasteiger partial charge in [-0.15, -0.1) is 11.6 Å². The second-order valence-electron chi connectivity index (χ2n) is 8.07. The van der Waals surface area contributed by atoms with Gasteiger partial charge >= 0.3 is 5.97 Å². The van der Waals surface area contributed by atoms with Gasteiger partial charge in [0, 0.05) is 13.3 Å². The Balaban J connectivity index is 2.38. The average molecular weight is 423 g/mol. The number of ketones is 1. The maximum atomic E-state index is 12.2. The summed E-state index contributed by atoms with van der Waals surface area (Å²) in [7, 11) is 0. The summed E-state index contributed by atoms with van der Waals surface area (Å²) in [4.78, 5) is 23.2. The zero-order valence-electron chi connectivity index (χ0n) is 18.3. The van der Waals surface area contributed by atoms with Crippen LogP contribution in [0.25, 0.3) is 0 Å². The monoisotopic (exact) mass is 422 g/mol. The van der Waals surface area contributed by atoms with Crippen molar-refractivity contribution in [2.45, 2.75) is 96.3 Å². The molecule has 0 aromatic heterocycles. The van der Waals surface area contributed by atoms with Crippen molar-refractivity contribution in [2.75, 3.05) is 6.61 Å². The van der Waals surface area contributed by atoms with E-state index in [0.29, 0.717) is 6.42 Å². The fraction of sp³-hybridized carbons (Fsp3) is 0.680. The Kier molecular flexibility index (Phi) is 14.6. The van der Waals surface area contributed by atoms with Gasteiger partial charge in [0.2, 0.25) is 0 Å². The number of unbranched alkanes of at least 4 members (excludes halogenated alkanes) is 9. The summed E-state index contributed by atoms with van der Waals surface area (Å²) in [6, 6.07) is 9.95. The topological polar surface area (TPSA) is 43.4 Å². The Morgan fingerprint density at radius 3 is 2.00 bits per heavy atom. The Hall–Kier alpha value is -1.35. The third-order valence-corrected chi connectivity index (χ3v) is 5.99. The molecule has 0 aliphatic rings. The minimum absolute atomic E-state index is 0.0566. The lowest BCUT2D eigenvalue weighted by atomic mass is 9.89. The van der Waals surface area contributed by atoms with E-state index in [1.807, 2.05) is 30.3 Å². The summed E-state index contributed by atoms with van der Waals surface area (Å²) in [5.74, 6) is -0.412. The maximum absolute atomic E-state index is 12.2. The highest BCUT2D eigenvalue weighted by Gasteiger charge is 2.23. The number of carbonyl (C=O) groups is 2. The molecule has 0 heterocycles. The first kappa shape index (κ1) is 25.7. The van der Waals surface area contributed by atoms with E-state index >= 15 is 0 Å². The zero-order valence-corrected chi connectivity index (χ0v) is 19.1. The van der Waals surface area contributed by atoms with E-state index in [1.165, 1.54) is 64.7 Å². The first-order valence-electron chi connectivity index (χ1n) is 11.4. The van der Waals surface area contributed by atoms with Crippen LogP contribution in [0.1, 0.15) is 102 Å². The third-order valence-electron chi connectivity index (χ3n) is 5.39. The molecule has 0 bridgehead atoms. The molecule has 0 amide bonds. The summed E-state index contributed by atoms with van der Waals surface area (Å²) >= 11 is 6.74. The SMILES string of the molecule is CCCCCCCCCCCCC(CC(=O)COC(C)=O)C(Cl)c1ccccc1. The highest BCUT2D eigenvalue weighted by molar-refractivity contribution is 6.21. The quantitative estimate of drug-likeness (QED) is 0.149. The standard InChI is InChI=1S/C25H39ClO3/c1-3-4-5-6-7-8-9-10-11-13-18-23(19-24(28)20-29-21(2)27)25(26)22-16-14-12-15-17-22/h12,14-17,23,25H,3-11,13,18-20H2,1-2H3. The van der Waals surface area contributed by atoms with E-state index < -0.39 is 5.97 Å². The number of carbonyl (C=O) groups excluding carboxylic acids is 2. The van der Waals surface area contributed by atoms with Crippen molar-refractivity contribution in [3.05, 3.63) is 35.9 Å². The third kappa shape index (κ3) is 12.7. The number of Topliss-reactive ketones (excluding diaryl/α,β-unsaturated/α-hetero) is 1. The molecule has 1 aromatic carbocycles. The molecule has 3 nitrogen and oxygen atoms in total. The van der Waals surface area contributed by atoms with Gasteiger partial charge in [0.05, 0.1) is 5.38 Å². The molecule has 1 rings (SSSR count). The zero-order chi connectivity index (χ0) is 21.3. The predicted molar refractivity (Wildman–Crippen MR) is 121 cm³/mol. The van der Waals surface area contributed by atoms with Gasteiger partial charge in [0.25, 0.3) is 0 Å². The van der Waals surface area contributed by atoms with Crippen LogP contribution >= 0.6 is 11.6 Å². The van der Waals surface area contributed by atoms with Gasteiger partial charge in [-0.25, -0.2) is 0 Å². The molecule has 2 unspecified atom stereocenters. The van der Waals surface area contributed by atoms with E-state index in [-0.39, 0.29) is 23.7 Å². The number of halogens is 1. The van der Waals surface area contributed by atoms with Crippen molar-refractivity contribution in [2.24, 2.45) is 5.92 Å². The molecular weight excluding hydrogens is 384 g/mol. The second-order valence-corrected chi connectivity index (χ2v) is 8.54. The smallest absolute Gasteiger partial charge is 0.303 e. The number of hydrogen-bond acceptors (Lipinski definition) is 3. The van der Waals surface area contributed by atoms with Crippen LogP contribution in [0.4, 0.5) is 0 Å². The summed E-state index contributed by atoms with van der Waals surface area (Å²) in [6.45, 7) is 3.42. The predicted octanol–water partition coefficient (Wildman–Crippen LogP) is 7.42. The number of esters is 1. The van der Waals surface area contributed by atoms with Crippen molar-refractivity contribution < 1.29 is 14.3 Å². The van der Waals surface area contributed by atoms with Crippen LogP contribution in [0.2, 0.25) is 0 Å². The number of rotatable bonds is 17. The molecule has 4 heteroatoms. The normalized spacial score (nSPS) is 13.1. The minimum atomic E-state index is -0.421. The van der Waals surface area contributed by atoms with Crippen molar-refractivity contribution in [3.63, 3.8) is 0 Å². The van der Waals surface area contributed by atoms with Crippen LogP contribution in [-0.4, -0.2) is 18.4 Å². The first-order chi connectivity index (χ1) is 14.0. The lowest BCUT2D eigenvalue weighted by molar-refractivity contribution is -0.146. The largest absolute Gasteiger partial charge is 0.458 e. The van der Waals surface area contributed by atoms with Crippen LogP contribution in [0, 0.1) is 5.92 Å². The number of ether oxygens (including phenoxy) is 1. The molecule has 29 heavy (non-hydrogen) atoms. The van der Waals surface area contributed by atoms with Crippen LogP contribution in [-0.2, 0) is 14.3 Å². The number of benzene rings is 1. The van der Waals surface area contributed by atoms with Crippen LogP contribution in [0.3, 0.4) is 0 Å². The first-order valence-corrected chi connectivity index (χ1v) is 11.8. The molecule has 2 atom stereocenters. The van der Waals surface area contributed by atoms with Crippen LogP contribution in [0.5, 0.6) is 0 Å². The number of hydrogen-bond donors (Lipinski definition) is 0. The van der Waals surface area contributed by atoms with Crippen LogP contribution in [0.15, 0.2) is 30.3 Å². The van der Waals surface area contributed by atoms with Gasteiger partial charge in [0.1, 0.15) is 6.61 Å². The Labute approximate surface area is 182 Å². The second kappa shape index (κ2) is 16.4. The van der Waals surface area contributed by atoms with E-state index in [1.54, 1.807) is 0 Å². The van der Waals surface area contributed by atoms with Crippen LogP contribution < -0.4 is 0 Å². The van der Waals surface area contributed by atoms with E-state index in [9.17, 15) is 9.59 Å². The molecule has 0 fully saturated rings. The molecule has 0 aliphatic heterocycles. The fourth-order valence-corrected chi connectivity index (χ4v) is 4.05. The minimum Gasteiger partial charge on any atom is -0.458 e. The average Bonchev–Trinajstić information content (AvgIpc) is 2.72. The summed E-state index contributed by atoms with van der Waals surface area (Å²) < 4.78 is 4.86. The molecule has 0 saturated heterocycles. The van der Waals surface area contributed by atoms with E-state index in [2.05, 4.69) is 6.92 Å². The lowest BCUT2D eigenvalue weighted by Gasteiger charge is -2.22. The highest BCUT2D eigenvalue weighted by atomic mass is 35.5. The maximum Gasteiger partial charge on any atom is 0.303 e. The molecule has 0 spiro atoms. The molecular formula is C25H39ClO3. The number of alkyl halides is 1. The van der Waals surface area contributed by atoms with Crippen molar-refractivity contribution in [1.29, 1.82) is 0 Å². The Morgan fingerprint density at radius 2 is 1.45 bits per heavy atom. The van der Waals surface area contributed by atoms with Gasteiger partial charge in [0.15, 0.2) is 5.78 Å². The molecule has 164 valence electrons. The fourth-order valence-electron chi connectivity index (χ4n) is 3.69.